The molecule has 2 aromatic rings. The summed E-state index contributed by atoms with van der Waals surface area (Å²) in [6.07, 6.45) is 3.00. The first-order chi connectivity index (χ1) is 8.66. The number of Topliss-reactive ketones (excluding diaryl/α,β-unsaturated/α-hetero) is 1. The molecule has 0 atom stereocenters. The fourth-order valence-electron chi connectivity index (χ4n) is 1.65. The van der Waals surface area contributed by atoms with Crippen molar-refractivity contribution in [2.24, 2.45) is 0 Å². The molecule has 3 heteroatoms. The summed E-state index contributed by atoms with van der Waals surface area (Å²) in [5, 5.41) is 4.30. The van der Waals surface area contributed by atoms with Crippen molar-refractivity contribution in [3.8, 4) is 5.69 Å². The van der Waals surface area contributed by atoms with Gasteiger partial charge in [0.25, 0.3) is 0 Å². The highest BCUT2D eigenvalue weighted by molar-refractivity contribution is 5.94. The zero-order valence-corrected chi connectivity index (χ0v) is 10.5. The number of allylic oxidation sites excluding steroid dienone is 1. The third-order valence-electron chi connectivity index (χ3n) is 2.67. The summed E-state index contributed by atoms with van der Waals surface area (Å²) in [7, 11) is 0. The van der Waals surface area contributed by atoms with Crippen molar-refractivity contribution >= 4 is 5.78 Å². The summed E-state index contributed by atoms with van der Waals surface area (Å²) in [4.78, 5) is 11.9. The summed E-state index contributed by atoms with van der Waals surface area (Å²) in [5.74, 6) is 0.0627. The second kappa shape index (κ2) is 5.45. The second-order valence-electron chi connectivity index (χ2n) is 4.36. The SMILES string of the molecule is C=C(C)CCC(=O)c1ccn(-c2ccccc2)n1. The number of ketones is 1. The molecule has 0 fully saturated rings. The van der Waals surface area contributed by atoms with Crippen molar-refractivity contribution in [3.05, 3.63) is 60.4 Å². The first kappa shape index (κ1) is 12.3. The maximum Gasteiger partial charge on any atom is 0.183 e. The lowest BCUT2D eigenvalue weighted by Crippen LogP contribution is -2.02. The van der Waals surface area contributed by atoms with Crippen LogP contribution in [-0.2, 0) is 0 Å². The van der Waals surface area contributed by atoms with Crippen molar-refractivity contribution < 1.29 is 4.79 Å². The fraction of sp³-hybridized carbons (Fsp3) is 0.200. The maximum atomic E-state index is 11.9. The number of aromatic nitrogens is 2. The standard InChI is InChI=1S/C15H16N2O/c1-12(2)8-9-15(18)14-10-11-17(16-14)13-6-4-3-5-7-13/h3-7,10-11H,1,8-9H2,2H3. The molecule has 0 radical (unpaired) electrons. The van der Waals surface area contributed by atoms with Crippen LogP contribution in [0.2, 0.25) is 0 Å². The molecule has 0 aliphatic heterocycles. The Bertz CT molecular complexity index is 555. The molecular weight excluding hydrogens is 224 g/mol. The number of hydrogen-bond acceptors (Lipinski definition) is 2. The Hall–Kier alpha value is -2.16. The normalized spacial score (nSPS) is 10.3. The van der Waals surface area contributed by atoms with Gasteiger partial charge in [0.15, 0.2) is 5.78 Å². The van der Waals surface area contributed by atoms with E-state index in [0.29, 0.717) is 12.1 Å². The monoisotopic (exact) mass is 240 g/mol. The van der Waals surface area contributed by atoms with Gasteiger partial charge >= 0.3 is 0 Å². The van der Waals surface area contributed by atoms with Crippen LogP contribution in [-0.4, -0.2) is 15.6 Å². The molecule has 1 aromatic carbocycles. The number of para-hydroxylation sites is 1. The van der Waals surface area contributed by atoms with Crippen molar-refractivity contribution in [2.45, 2.75) is 19.8 Å². The van der Waals surface area contributed by atoms with Crippen molar-refractivity contribution in [3.63, 3.8) is 0 Å². The van der Waals surface area contributed by atoms with E-state index in [2.05, 4.69) is 11.7 Å². The van der Waals surface area contributed by atoms with Gasteiger partial charge in [-0.3, -0.25) is 4.79 Å². The van der Waals surface area contributed by atoms with Gasteiger partial charge in [-0.25, -0.2) is 4.68 Å². The number of carbonyl (C=O) groups excluding carboxylic acids is 1. The minimum atomic E-state index is 0.0627. The molecule has 0 aliphatic carbocycles. The van der Waals surface area contributed by atoms with Crippen LogP contribution in [0.4, 0.5) is 0 Å². The molecule has 0 N–H and O–H groups in total. The molecule has 0 saturated heterocycles. The Morgan fingerprint density at radius 1 is 1.22 bits per heavy atom. The molecule has 1 aromatic heterocycles. The summed E-state index contributed by atoms with van der Waals surface area (Å²) in [6.45, 7) is 5.72. The van der Waals surface area contributed by atoms with Crippen LogP contribution in [0.15, 0.2) is 54.7 Å². The van der Waals surface area contributed by atoms with E-state index in [1.54, 1.807) is 10.7 Å². The van der Waals surface area contributed by atoms with Gasteiger partial charge in [-0.05, 0) is 31.5 Å². The van der Waals surface area contributed by atoms with E-state index in [4.69, 9.17) is 0 Å². The van der Waals surface area contributed by atoms with Crippen LogP contribution in [0.5, 0.6) is 0 Å². The molecular formula is C15H16N2O. The molecule has 0 amide bonds. The van der Waals surface area contributed by atoms with Crippen LogP contribution in [0.25, 0.3) is 5.69 Å². The smallest absolute Gasteiger partial charge is 0.183 e. The molecule has 0 spiro atoms. The van der Waals surface area contributed by atoms with Crippen LogP contribution in [0, 0.1) is 0 Å². The van der Waals surface area contributed by atoms with E-state index in [1.165, 1.54) is 0 Å². The average Bonchev–Trinajstić information content (AvgIpc) is 2.86. The number of carbonyl (C=O) groups is 1. The Kier molecular flexibility index (Phi) is 3.72. The van der Waals surface area contributed by atoms with Gasteiger partial charge in [0.2, 0.25) is 0 Å². The third-order valence-corrected chi connectivity index (χ3v) is 2.67. The zero-order chi connectivity index (χ0) is 13.0. The van der Waals surface area contributed by atoms with Crippen LogP contribution < -0.4 is 0 Å². The van der Waals surface area contributed by atoms with Gasteiger partial charge in [-0.2, -0.15) is 5.10 Å². The molecule has 92 valence electrons. The molecule has 0 aliphatic rings. The average molecular weight is 240 g/mol. The van der Waals surface area contributed by atoms with Crippen LogP contribution >= 0.6 is 0 Å². The van der Waals surface area contributed by atoms with Gasteiger partial charge in [0.1, 0.15) is 5.69 Å². The number of rotatable bonds is 5. The molecule has 1 heterocycles. The summed E-state index contributed by atoms with van der Waals surface area (Å²) < 4.78 is 1.72. The van der Waals surface area contributed by atoms with Gasteiger partial charge in [-0.1, -0.05) is 23.8 Å². The quantitative estimate of drug-likeness (QED) is 0.593. The third kappa shape index (κ3) is 2.94. The van der Waals surface area contributed by atoms with Gasteiger partial charge in [0.05, 0.1) is 5.69 Å². The lowest BCUT2D eigenvalue weighted by Gasteiger charge is -2.00. The van der Waals surface area contributed by atoms with E-state index in [9.17, 15) is 4.79 Å². The largest absolute Gasteiger partial charge is 0.292 e. The van der Waals surface area contributed by atoms with Gasteiger partial charge < -0.3 is 0 Å². The first-order valence-electron chi connectivity index (χ1n) is 5.95. The minimum absolute atomic E-state index is 0.0627. The molecule has 0 saturated carbocycles. The molecule has 2 rings (SSSR count). The predicted molar refractivity (Wildman–Crippen MR) is 71.9 cm³/mol. The van der Waals surface area contributed by atoms with Crippen molar-refractivity contribution in [2.75, 3.05) is 0 Å². The first-order valence-corrected chi connectivity index (χ1v) is 5.95. The highest BCUT2D eigenvalue weighted by atomic mass is 16.1. The summed E-state index contributed by atoms with van der Waals surface area (Å²) >= 11 is 0. The number of hydrogen-bond donors (Lipinski definition) is 0. The van der Waals surface area contributed by atoms with Crippen molar-refractivity contribution in [1.82, 2.24) is 9.78 Å². The van der Waals surface area contributed by atoms with Crippen molar-refractivity contribution in [1.29, 1.82) is 0 Å². The molecule has 0 bridgehead atoms. The van der Waals surface area contributed by atoms with Crippen LogP contribution in [0.1, 0.15) is 30.3 Å². The van der Waals surface area contributed by atoms with E-state index in [-0.39, 0.29) is 5.78 Å². The Morgan fingerprint density at radius 2 is 1.94 bits per heavy atom. The number of nitrogens with zero attached hydrogens (tertiary/aromatic N) is 2. The summed E-state index contributed by atoms with van der Waals surface area (Å²) in [5.41, 5.74) is 2.49. The summed E-state index contributed by atoms with van der Waals surface area (Å²) in [6, 6.07) is 11.5. The molecule has 18 heavy (non-hydrogen) atoms. The fourth-order valence-corrected chi connectivity index (χ4v) is 1.65. The topological polar surface area (TPSA) is 34.9 Å². The predicted octanol–water partition coefficient (Wildman–Crippen LogP) is 3.41. The lowest BCUT2D eigenvalue weighted by atomic mass is 10.1. The zero-order valence-electron chi connectivity index (χ0n) is 10.5. The molecule has 3 nitrogen and oxygen atoms in total. The Labute approximate surface area is 107 Å². The number of benzene rings is 1. The van der Waals surface area contributed by atoms with Gasteiger partial charge in [0, 0.05) is 12.6 Å². The van der Waals surface area contributed by atoms with E-state index >= 15 is 0 Å². The highest BCUT2D eigenvalue weighted by Crippen LogP contribution is 2.10. The Morgan fingerprint density at radius 3 is 2.61 bits per heavy atom. The van der Waals surface area contributed by atoms with E-state index in [0.717, 1.165) is 17.7 Å². The van der Waals surface area contributed by atoms with E-state index < -0.39 is 0 Å². The maximum absolute atomic E-state index is 11.9. The van der Waals surface area contributed by atoms with Gasteiger partial charge in [-0.15, -0.1) is 6.58 Å². The Balaban J connectivity index is 2.11. The van der Waals surface area contributed by atoms with E-state index in [1.807, 2.05) is 43.5 Å². The lowest BCUT2D eigenvalue weighted by molar-refractivity contribution is 0.0977. The van der Waals surface area contributed by atoms with Crippen LogP contribution in [0.3, 0.4) is 0 Å². The molecule has 0 unspecified atom stereocenters. The highest BCUT2D eigenvalue weighted by Gasteiger charge is 2.09. The second-order valence-corrected chi connectivity index (χ2v) is 4.36. The minimum Gasteiger partial charge on any atom is -0.292 e.